The molecule has 1 aromatic rings. The molecule has 2 N–H and O–H groups in total. The summed E-state index contributed by atoms with van der Waals surface area (Å²) < 4.78 is 16.3. The van der Waals surface area contributed by atoms with E-state index < -0.39 is 0 Å². The summed E-state index contributed by atoms with van der Waals surface area (Å²) in [5.74, 6) is 2.51. The van der Waals surface area contributed by atoms with Gasteiger partial charge in [-0.1, -0.05) is 6.07 Å². The fraction of sp³-hybridized carbons (Fsp3) is 0.611. The van der Waals surface area contributed by atoms with E-state index >= 15 is 0 Å². The van der Waals surface area contributed by atoms with Gasteiger partial charge in [0, 0.05) is 26.2 Å². The SMILES string of the molecule is CCNC(=NCCCOC(C)C)NCCc1ccc2c(c1)OCO2. The molecule has 0 aliphatic carbocycles. The molecule has 1 aliphatic rings. The van der Waals surface area contributed by atoms with Crippen LogP contribution >= 0.6 is 0 Å². The quantitative estimate of drug-likeness (QED) is 0.412. The van der Waals surface area contributed by atoms with Crippen molar-refractivity contribution >= 4 is 5.96 Å². The highest BCUT2D eigenvalue weighted by atomic mass is 16.7. The van der Waals surface area contributed by atoms with Gasteiger partial charge in [-0.25, -0.2) is 0 Å². The number of fused-ring (bicyclic) bond motifs is 1. The third kappa shape index (κ3) is 6.28. The topological polar surface area (TPSA) is 64.1 Å². The van der Waals surface area contributed by atoms with Gasteiger partial charge in [0.05, 0.1) is 6.10 Å². The highest BCUT2D eigenvalue weighted by molar-refractivity contribution is 5.79. The molecule has 0 atom stereocenters. The maximum absolute atomic E-state index is 5.53. The van der Waals surface area contributed by atoms with Gasteiger partial charge in [0.1, 0.15) is 0 Å². The summed E-state index contributed by atoms with van der Waals surface area (Å²) in [6.07, 6.45) is 2.11. The summed E-state index contributed by atoms with van der Waals surface area (Å²) in [5, 5.41) is 6.63. The summed E-state index contributed by atoms with van der Waals surface area (Å²) in [6.45, 7) is 9.64. The van der Waals surface area contributed by atoms with Crippen molar-refractivity contribution in [2.24, 2.45) is 4.99 Å². The number of aliphatic imine (C=N–C) groups is 1. The van der Waals surface area contributed by atoms with Crippen LogP contribution in [-0.4, -0.2) is 45.1 Å². The number of ether oxygens (including phenoxy) is 3. The molecular weight excluding hydrogens is 306 g/mol. The van der Waals surface area contributed by atoms with Crippen molar-refractivity contribution in [2.45, 2.75) is 39.7 Å². The number of hydrogen-bond acceptors (Lipinski definition) is 4. The maximum atomic E-state index is 5.53. The van der Waals surface area contributed by atoms with Gasteiger partial charge in [-0.3, -0.25) is 4.99 Å². The summed E-state index contributed by atoms with van der Waals surface area (Å²) in [7, 11) is 0. The zero-order valence-electron chi connectivity index (χ0n) is 14.9. The summed E-state index contributed by atoms with van der Waals surface area (Å²) in [4.78, 5) is 4.57. The van der Waals surface area contributed by atoms with Crippen molar-refractivity contribution in [3.8, 4) is 11.5 Å². The lowest BCUT2D eigenvalue weighted by atomic mass is 10.1. The summed E-state index contributed by atoms with van der Waals surface area (Å²) in [5.41, 5.74) is 1.22. The van der Waals surface area contributed by atoms with Crippen LogP contribution < -0.4 is 20.1 Å². The van der Waals surface area contributed by atoms with Crippen molar-refractivity contribution in [1.82, 2.24) is 10.6 Å². The Morgan fingerprint density at radius 3 is 2.88 bits per heavy atom. The molecule has 134 valence electrons. The van der Waals surface area contributed by atoms with Gasteiger partial charge >= 0.3 is 0 Å². The first-order valence-electron chi connectivity index (χ1n) is 8.71. The van der Waals surface area contributed by atoms with E-state index in [4.69, 9.17) is 14.2 Å². The minimum Gasteiger partial charge on any atom is -0.454 e. The van der Waals surface area contributed by atoms with Gasteiger partial charge in [-0.05, 0) is 51.3 Å². The van der Waals surface area contributed by atoms with E-state index in [9.17, 15) is 0 Å². The Morgan fingerprint density at radius 1 is 1.25 bits per heavy atom. The lowest BCUT2D eigenvalue weighted by Gasteiger charge is -2.12. The third-order valence-corrected chi connectivity index (χ3v) is 3.51. The lowest BCUT2D eigenvalue weighted by Crippen LogP contribution is -2.38. The normalized spacial score (nSPS) is 13.4. The van der Waals surface area contributed by atoms with Gasteiger partial charge in [0.2, 0.25) is 6.79 Å². The monoisotopic (exact) mass is 335 g/mol. The second-order valence-electron chi connectivity index (χ2n) is 5.90. The highest BCUT2D eigenvalue weighted by Crippen LogP contribution is 2.32. The first-order chi connectivity index (χ1) is 11.7. The van der Waals surface area contributed by atoms with Gasteiger partial charge in [-0.2, -0.15) is 0 Å². The van der Waals surface area contributed by atoms with E-state index in [0.717, 1.165) is 56.5 Å². The fourth-order valence-electron chi connectivity index (χ4n) is 2.34. The molecular formula is C18H29N3O3. The van der Waals surface area contributed by atoms with Crippen LogP contribution in [0.1, 0.15) is 32.8 Å². The van der Waals surface area contributed by atoms with E-state index in [1.165, 1.54) is 5.56 Å². The second kappa shape index (κ2) is 10.0. The first kappa shape index (κ1) is 18.4. The Bertz CT molecular complexity index is 532. The Kier molecular flexibility index (Phi) is 7.68. The number of guanidine groups is 1. The molecule has 0 unspecified atom stereocenters. The minimum absolute atomic E-state index is 0.280. The average molecular weight is 335 g/mol. The Morgan fingerprint density at radius 2 is 2.08 bits per heavy atom. The first-order valence-corrected chi connectivity index (χ1v) is 8.71. The molecule has 0 aromatic heterocycles. The van der Waals surface area contributed by atoms with Gasteiger partial charge in [0.15, 0.2) is 17.5 Å². The van der Waals surface area contributed by atoms with E-state index in [1.54, 1.807) is 0 Å². The molecule has 0 saturated carbocycles. The fourth-order valence-corrected chi connectivity index (χ4v) is 2.34. The van der Waals surface area contributed by atoms with E-state index in [1.807, 2.05) is 26.0 Å². The van der Waals surface area contributed by atoms with Crippen LogP contribution in [0.4, 0.5) is 0 Å². The van der Waals surface area contributed by atoms with Gasteiger partial charge in [0.25, 0.3) is 0 Å². The zero-order chi connectivity index (χ0) is 17.2. The number of rotatable bonds is 9. The minimum atomic E-state index is 0.280. The Balaban J connectivity index is 1.72. The highest BCUT2D eigenvalue weighted by Gasteiger charge is 2.12. The maximum Gasteiger partial charge on any atom is 0.231 e. The molecule has 0 saturated heterocycles. The predicted molar refractivity (Wildman–Crippen MR) is 96.0 cm³/mol. The lowest BCUT2D eigenvalue weighted by molar-refractivity contribution is 0.0782. The summed E-state index contributed by atoms with van der Waals surface area (Å²) >= 11 is 0. The molecule has 6 heteroatoms. The molecule has 0 spiro atoms. The molecule has 2 rings (SSSR count). The smallest absolute Gasteiger partial charge is 0.231 e. The largest absolute Gasteiger partial charge is 0.454 e. The molecule has 0 bridgehead atoms. The van der Waals surface area contributed by atoms with E-state index in [-0.39, 0.29) is 6.10 Å². The molecule has 1 heterocycles. The molecule has 0 amide bonds. The molecule has 24 heavy (non-hydrogen) atoms. The van der Waals surface area contributed by atoms with Crippen molar-refractivity contribution in [3.63, 3.8) is 0 Å². The third-order valence-electron chi connectivity index (χ3n) is 3.51. The number of hydrogen-bond donors (Lipinski definition) is 2. The van der Waals surface area contributed by atoms with Gasteiger partial charge < -0.3 is 24.8 Å². The van der Waals surface area contributed by atoms with Crippen molar-refractivity contribution < 1.29 is 14.2 Å². The van der Waals surface area contributed by atoms with Crippen molar-refractivity contribution in [3.05, 3.63) is 23.8 Å². The molecule has 1 aliphatic heterocycles. The van der Waals surface area contributed by atoms with Crippen LogP contribution in [0, 0.1) is 0 Å². The Hall–Kier alpha value is -1.95. The standard InChI is InChI=1S/C18H29N3O3/c1-4-19-18(20-9-5-11-22-14(2)3)21-10-8-15-6-7-16-17(12-15)24-13-23-16/h6-7,12,14H,4-5,8-11,13H2,1-3H3,(H2,19,20,21). The molecule has 1 aromatic carbocycles. The van der Waals surface area contributed by atoms with Crippen molar-refractivity contribution in [2.75, 3.05) is 33.0 Å². The molecule has 0 radical (unpaired) electrons. The zero-order valence-corrected chi connectivity index (χ0v) is 14.9. The van der Waals surface area contributed by atoms with Crippen LogP contribution in [0.2, 0.25) is 0 Å². The number of benzene rings is 1. The van der Waals surface area contributed by atoms with E-state index in [2.05, 4.69) is 28.6 Å². The Labute approximate surface area is 144 Å². The molecule has 0 fully saturated rings. The van der Waals surface area contributed by atoms with Crippen molar-refractivity contribution in [1.29, 1.82) is 0 Å². The second-order valence-corrected chi connectivity index (χ2v) is 5.90. The number of nitrogens with one attached hydrogen (secondary N) is 2. The molecule has 6 nitrogen and oxygen atoms in total. The van der Waals surface area contributed by atoms with E-state index in [0.29, 0.717) is 6.79 Å². The number of nitrogens with zero attached hydrogens (tertiary/aromatic N) is 1. The van der Waals surface area contributed by atoms with Crippen LogP contribution in [0.15, 0.2) is 23.2 Å². The van der Waals surface area contributed by atoms with Crippen LogP contribution in [-0.2, 0) is 11.2 Å². The van der Waals surface area contributed by atoms with Gasteiger partial charge in [-0.15, -0.1) is 0 Å². The van der Waals surface area contributed by atoms with Crippen LogP contribution in [0.5, 0.6) is 11.5 Å². The van der Waals surface area contributed by atoms with Crippen LogP contribution in [0.25, 0.3) is 0 Å². The average Bonchev–Trinajstić information content (AvgIpc) is 3.02. The van der Waals surface area contributed by atoms with Crippen LogP contribution in [0.3, 0.4) is 0 Å². The summed E-state index contributed by atoms with van der Waals surface area (Å²) in [6, 6.07) is 6.07. The predicted octanol–water partition coefficient (Wildman–Crippen LogP) is 2.33.